The van der Waals surface area contributed by atoms with Crippen LogP contribution in [-0.4, -0.2) is 28.8 Å². The molecule has 0 spiro atoms. The topological polar surface area (TPSA) is 59.0 Å². The molecule has 1 saturated heterocycles. The SMILES string of the molecule is O=C(Nc1ccc(F)c(F)c1)C1(n2cccn2)CCNCC1. The molecule has 116 valence electrons. The first-order chi connectivity index (χ1) is 10.6. The van der Waals surface area contributed by atoms with Crippen molar-refractivity contribution in [1.82, 2.24) is 15.1 Å². The lowest BCUT2D eigenvalue weighted by Crippen LogP contribution is -2.52. The normalized spacial score (nSPS) is 17.2. The fraction of sp³-hybridized carbons (Fsp3) is 0.333. The third-order valence-electron chi connectivity index (χ3n) is 3.97. The lowest BCUT2D eigenvalue weighted by Gasteiger charge is -2.36. The number of nitrogens with one attached hydrogen (secondary N) is 2. The Kier molecular flexibility index (Phi) is 3.89. The minimum Gasteiger partial charge on any atom is -0.324 e. The maximum atomic E-state index is 13.3. The van der Waals surface area contributed by atoms with E-state index in [2.05, 4.69) is 15.7 Å². The molecule has 1 aliphatic rings. The van der Waals surface area contributed by atoms with Crippen LogP contribution in [0.15, 0.2) is 36.7 Å². The lowest BCUT2D eigenvalue weighted by molar-refractivity contribution is -0.126. The fourth-order valence-corrected chi connectivity index (χ4v) is 2.74. The molecule has 2 heterocycles. The van der Waals surface area contributed by atoms with E-state index in [1.165, 1.54) is 6.07 Å². The average Bonchev–Trinajstić information content (AvgIpc) is 3.06. The average molecular weight is 306 g/mol. The highest BCUT2D eigenvalue weighted by atomic mass is 19.2. The van der Waals surface area contributed by atoms with Crippen molar-refractivity contribution in [2.24, 2.45) is 0 Å². The van der Waals surface area contributed by atoms with Gasteiger partial charge in [0.15, 0.2) is 11.6 Å². The summed E-state index contributed by atoms with van der Waals surface area (Å²) in [5, 5.41) is 10.1. The van der Waals surface area contributed by atoms with Gasteiger partial charge in [-0.2, -0.15) is 5.10 Å². The van der Waals surface area contributed by atoms with Crippen molar-refractivity contribution < 1.29 is 13.6 Å². The van der Waals surface area contributed by atoms with Crippen LogP contribution in [0, 0.1) is 11.6 Å². The summed E-state index contributed by atoms with van der Waals surface area (Å²) in [5.41, 5.74) is -0.589. The first-order valence-electron chi connectivity index (χ1n) is 7.09. The van der Waals surface area contributed by atoms with Gasteiger partial charge in [0, 0.05) is 24.1 Å². The summed E-state index contributed by atoms with van der Waals surface area (Å²) in [6.45, 7) is 1.37. The first-order valence-corrected chi connectivity index (χ1v) is 7.09. The van der Waals surface area contributed by atoms with Crippen LogP contribution in [0.4, 0.5) is 14.5 Å². The van der Waals surface area contributed by atoms with Crippen LogP contribution < -0.4 is 10.6 Å². The second-order valence-electron chi connectivity index (χ2n) is 5.32. The molecule has 0 unspecified atom stereocenters. The zero-order chi connectivity index (χ0) is 15.6. The van der Waals surface area contributed by atoms with E-state index in [4.69, 9.17) is 0 Å². The van der Waals surface area contributed by atoms with Gasteiger partial charge in [-0.15, -0.1) is 0 Å². The molecule has 3 rings (SSSR count). The maximum Gasteiger partial charge on any atom is 0.252 e. The minimum absolute atomic E-state index is 0.231. The van der Waals surface area contributed by atoms with E-state index in [0.29, 0.717) is 25.9 Å². The monoisotopic (exact) mass is 306 g/mol. The molecule has 1 aromatic heterocycles. The molecular weight excluding hydrogens is 290 g/mol. The third kappa shape index (κ3) is 2.59. The van der Waals surface area contributed by atoms with Crippen LogP contribution in [-0.2, 0) is 10.3 Å². The molecule has 5 nitrogen and oxygen atoms in total. The van der Waals surface area contributed by atoms with Crippen LogP contribution in [0.25, 0.3) is 0 Å². The highest BCUT2D eigenvalue weighted by Crippen LogP contribution is 2.29. The largest absolute Gasteiger partial charge is 0.324 e. The molecule has 2 N–H and O–H groups in total. The van der Waals surface area contributed by atoms with Gasteiger partial charge in [0.1, 0.15) is 5.54 Å². The predicted molar refractivity (Wildman–Crippen MR) is 77.3 cm³/mol. The van der Waals surface area contributed by atoms with Crippen molar-refractivity contribution in [3.8, 4) is 0 Å². The number of rotatable bonds is 3. The summed E-state index contributed by atoms with van der Waals surface area (Å²) < 4.78 is 27.9. The molecule has 2 aromatic rings. The zero-order valence-corrected chi connectivity index (χ0v) is 11.9. The predicted octanol–water partition coefficient (Wildman–Crippen LogP) is 1.88. The van der Waals surface area contributed by atoms with Crippen LogP contribution in [0.5, 0.6) is 0 Å². The van der Waals surface area contributed by atoms with Crippen molar-refractivity contribution in [2.45, 2.75) is 18.4 Å². The zero-order valence-electron chi connectivity index (χ0n) is 11.9. The van der Waals surface area contributed by atoms with Crippen molar-refractivity contribution >= 4 is 11.6 Å². The Morgan fingerprint density at radius 1 is 1.27 bits per heavy atom. The van der Waals surface area contributed by atoms with Crippen molar-refractivity contribution in [2.75, 3.05) is 18.4 Å². The molecule has 0 aliphatic carbocycles. The van der Waals surface area contributed by atoms with Gasteiger partial charge in [0.2, 0.25) is 0 Å². The number of amides is 1. The van der Waals surface area contributed by atoms with Crippen LogP contribution in [0.1, 0.15) is 12.8 Å². The molecule has 1 aromatic carbocycles. The van der Waals surface area contributed by atoms with E-state index in [1.807, 2.05) is 0 Å². The molecule has 0 saturated carbocycles. The fourth-order valence-electron chi connectivity index (χ4n) is 2.74. The quantitative estimate of drug-likeness (QED) is 0.910. The molecule has 1 aliphatic heterocycles. The number of hydrogen-bond acceptors (Lipinski definition) is 3. The van der Waals surface area contributed by atoms with Crippen LogP contribution in [0.2, 0.25) is 0 Å². The van der Waals surface area contributed by atoms with Gasteiger partial charge in [0.05, 0.1) is 0 Å². The molecule has 1 amide bonds. The number of hydrogen-bond donors (Lipinski definition) is 2. The summed E-state index contributed by atoms with van der Waals surface area (Å²) in [6.07, 6.45) is 4.51. The third-order valence-corrected chi connectivity index (χ3v) is 3.97. The Morgan fingerprint density at radius 3 is 2.68 bits per heavy atom. The molecule has 1 fully saturated rings. The standard InChI is InChI=1S/C15H16F2N4O/c16-12-3-2-11(10-13(12)17)20-14(22)15(4-7-18-8-5-15)21-9-1-6-19-21/h1-3,6,9-10,18H,4-5,7-8H2,(H,20,22). The number of nitrogens with zero attached hydrogens (tertiary/aromatic N) is 2. The molecule has 0 atom stereocenters. The first kappa shape index (κ1) is 14.6. The molecule has 22 heavy (non-hydrogen) atoms. The number of piperidine rings is 1. The number of aromatic nitrogens is 2. The highest BCUT2D eigenvalue weighted by molar-refractivity contribution is 5.96. The molecular formula is C15H16F2N4O. The van der Waals surface area contributed by atoms with Gasteiger partial charge in [-0.1, -0.05) is 0 Å². The number of carbonyl (C=O) groups excluding carboxylic acids is 1. The van der Waals surface area contributed by atoms with Crippen LogP contribution >= 0.6 is 0 Å². The summed E-state index contributed by atoms with van der Waals surface area (Å²) in [5.74, 6) is -2.21. The van der Waals surface area contributed by atoms with E-state index < -0.39 is 17.2 Å². The van der Waals surface area contributed by atoms with Gasteiger partial charge in [-0.3, -0.25) is 9.48 Å². The van der Waals surface area contributed by atoms with Gasteiger partial charge in [-0.05, 0) is 44.1 Å². The van der Waals surface area contributed by atoms with E-state index in [0.717, 1.165) is 12.1 Å². The van der Waals surface area contributed by atoms with E-state index in [-0.39, 0.29) is 11.6 Å². The second kappa shape index (κ2) is 5.84. The molecule has 0 radical (unpaired) electrons. The van der Waals surface area contributed by atoms with Crippen molar-refractivity contribution in [3.05, 3.63) is 48.3 Å². The Hall–Kier alpha value is -2.28. The summed E-state index contributed by atoms with van der Waals surface area (Å²) in [6, 6.07) is 5.07. The van der Waals surface area contributed by atoms with E-state index >= 15 is 0 Å². The number of benzene rings is 1. The van der Waals surface area contributed by atoms with Crippen LogP contribution in [0.3, 0.4) is 0 Å². The number of anilines is 1. The molecule has 0 bridgehead atoms. The number of carbonyl (C=O) groups is 1. The van der Waals surface area contributed by atoms with E-state index in [9.17, 15) is 13.6 Å². The summed E-state index contributed by atoms with van der Waals surface area (Å²) in [4.78, 5) is 12.8. The van der Waals surface area contributed by atoms with Gasteiger partial charge < -0.3 is 10.6 Å². The van der Waals surface area contributed by atoms with Crippen molar-refractivity contribution in [1.29, 1.82) is 0 Å². The maximum absolute atomic E-state index is 13.3. The summed E-state index contributed by atoms with van der Waals surface area (Å²) >= 11 is 0. The molecule has 7 heteroatoms. The Balaban J connectivity index is 1.88. The summed E-state index contributed by atoms with van der Waals surface area (Å²) in [7, 11) is 0. The Labute approximate surface area is 126 Å². The Morgan fingerprint density at radius 2 is 2.05 bits per heavy atom. The van der Waals surface area contributed by atoms with Gasteiger partial charge in [-0.25, -0.2) is 8.78 Å². The van der Waals surface area contributed by atoms with E-state index in [1.54, 1.807) is 23.1 Å². The van der Waals surface area contributed by atoms with Gasteiger partial charge in [0.25, 0.3) is 5.91 Å². The smallest absolute Gasteiger partial charge is 0.252 e. The number of halogens is 2. The van der Waals surface area contributed by atoms with Crippen molar-refractivity contribution in [3.63, 3.8) is 0 Å². The highest BCUT2D eigenvalue weighted by Gasteiger charge is 2.42. The minimum atomic E-state index is -0.990. The van der Waals surface area contributed by atoms with Gasteiger partial charge >= 0.3 is 0 Å². The lowest BCUT2D eigenvalue weighted by atomic mass is 9.87. The Bertz CT molecular complexity index is 666. The second-order valence-corrected chi connectivity index (χ2v) is 5.32.